The highest BCUT2D eigenvalue weighted by Gasteiger charge is 2.38. The SMILES string of the molecule is CN1C(=O)C[C@@H](CNCc2cccc3c2OCO3)[C@@H]1c1cnn(Cc2ccccc2)c1. The fourth-order valence-corrected chi connectivity index (χ4v) is 4.54. The second-order valence-corrected chi connectivity index (χ2v) is 8.15. The van der Waals surface area contributed by atoms with E-state index in [1.54, 1.807) is 0 Å². The Balaban J connectivity index is 1.26. The van der Waals surface area contributed by atoms with Crippen molar-refractivity contribution in [3.05, 3.63) is 77.6 Å². The summed E-state index contributed by atoms with van der Waals surface area (Å²) < 4.78 is 13.0. The van der Waals surface area contributed by atoms with Crippen molar-refractivity contribution in [1.29, 1.82) is 0 Å². The third kappa shape index (κ3) is 4.01. The average Bonchev–Trinajstić information content (AvgIpc) is 3.49. The number of ether oxygens (including phenoxy) is 2. The number of fused-ring (bicyclic) bond motifs is 1. The lowest BCUT2D eigenvalue weighted by atomic mass is 9.95. The van der Waals surface area contributed by atoms with Gasteiger partial charge < -0.3 is 19.7 Å². The summed E-state index contributed by atoms with van der Waals surface area (Å²) in [6.07, 6.45) is 4.49. The van der Waals surface area contributed by atoms with Crippen LogP contribution in [0.1, 0.15) is 29.2 Å². The van der Waals surface area contributed by atoms with E-state index in [1.807, 2.05) is 59.2 Å². The number of para-hydroxylation sites is 1. The molecule has 0 radical (unpaired) electrons. The maximum Gasteiger partial charge on any atom is 0.231 e. The maximum absolute atomic E-state index is 12.5. The number of aromatic nitrogens is 2. The van der Waals surface area contributed by atoms with Gasteiger partial charge in [-0.15, -0.1) is 0 Å². The minimum atomic E-state index is 0.0191. The first-order chi connectivity index (χ1) is 15.2. The van der Waals surface area contributed by atoms with Gasteiger partial charge in [0.25, 0.3) is 0 Å². The van der Waals surface area contributed by atoms with Gasteiger partial charge in [-0.3, -0.25) is 9.48 Å². The molecule has 2 aliphatic heterocycles. The Morgan fingerprint density at radius 2 is 2.00 bits per heavy atom. The standard InChI is InChI=1S/C24H26N4O3/c1-27-22(29)10-19(12-25-11-18-8-5-9-21-24(18)31-16-30-21)23(27)20-13-26-28(15-20)14-17-6-3-2-4-7-17/h2-9,13,15,19,23,25H,10-12,14,16H2,1H3/t19-,23+/m0/s1. The van der Waals surface area contributed by atoms with E-state index in [0.29, 0.717) is 13.0 Å². The summed E-state index contributed by atoms with van der Waals surface area (Å²) in [6, 6.07) is 16.2. The van der Waals surface area contributed by atoms with Crippen molar-refractivity contribution in [3.63, 3.8) is 0 Å². The zero-order chi connectivity index (χ0) is 21.2. The molecule has 1 N–H and O–H groups in total. The van der Waals surface area contributed by atoms with Crippen molar-refractivity contribution >= 4 is 5.91 Å². The Kier molecular flexibility index (Phi) is 5.34. The number of carbonyl (C=O) groups excluding carboxylic acids is 1. The Bertz CT molecular complexity index is 1070. The van der Waals surface area contributed by atoms with E-state index in [2.05, 4.69) is 28.7 Å². The molecule has 3 aromatic rings. The average molecular weight is 418 g/mol. The van der Waals surface area contributed by atoms with E-state index in [9.17, 15) is 4.79 Å². The van der Waals surface area contributed by atoms with Gasteiger partial charge in [-0.25, -0.2) is 0 Å². The van der Waals surface area contributed by atoms with E-state index >= 15 is 0 Å². The summed E-state index contributed by atoms with van der Waals surface area (Å²) >= 11 is 0. The number of nitrogens with one attached hydrogen (secondary N) is 1. The molecule has 160 valence electrons. The van der Waals surface area contributed by atoms with Gasteiger partial charge in [0.1, 0.15) is 0 Å². The van der Waals surface area contributed by atoms with Crippen molar-refractivity contribution in [2.24, 2.45) is 5.92 Å². The Morgan fingerprint density at radius 1 is 1.13 bits per heavy atom. The maximum atomic E-state index is 12.5. The number of hydrogen-bond donors (Lipinski definition) is 1. The topological polar surface area (TPSA) is 68.6 Å². The number of likely N-dealkylation sites (tertiary alicyclic amines) is 1. The molecule has 0 aliphatic carbocycles. The Morgan fingerprint density at radius 3 is 2.87 bits per heavy atom. The molecule has 1 amide bonds. The summed E-state index contributed by atoms with van der Waals surface area (Å²) in [5.41, 5.74) is 3.35. The number of carbonyl (C=O) groups is 1. The van der Waals surface area contributed by atoms with Gasteiger partial charge >= 0.3 is 0 Å². The van der Waals surface area contributed by atoms with Crippen molar-refractivity contribution in [2.75, 3.05) is 20.4 Å². The third-order valence-corrected chi connectivity index (χ3v) is 6.08. The second kappa shape index (κ2) is 8.43. The monoisotopic (exact) mass is 418 g/mol. The van der Waals surface area contributed by atoms with Crippen LogP contribution in [-0.2, 0) is 17.9 Å². The molecule has 1 aromatic heterocycles. The molecule has 1 saturated heterocycles. The van der Waals surface area contributed by atoms with Crippen molar-refractivity contribution in [1.82, 2.24) is 20.0 Å². The van der Waals surface area contributed by atoms with Crippen molar-refractivity contribution < 1.29 is 14.3 Å². The molecule has 0 spiro atoms. The van der Waals surface area contributed by atoms with Crippen LogP contribution in [0.15, 0.2) is 60.9 Å². The van der Waals surface area contributed by atoms with Gasteiger partial charge in [0.15, 0.2) is 11.5 Å². The number of nitrogens with zero attached hydrogens (tertiary/aromatic N) is 3. The van der Waals surface area contributed by atoms with Crippen LogP contribution in [-0.4, -0.2) is 41.0 Å². The predicted molar refractivity (Wildman–Crippen MR) is 116 cm³/mol. The number of amides is 1. The molecule has 5 rings (SSSR count). The van der Waals surface area contributed by atoms with E-state index in [1.165, 1.54) is 5.56 Å². The summed E-state index contributed by atoms with van der Waals surface area (Å²) in [4.78, 5) is 14.3. The van der Waals surface area contributed by atoms with E-state index in [4.69, 9.17) is 9.47 Å². The van der Waals surface area contributed by atoms with Crippen molar-refractivity contribution in [3.8, 4) is 11.5 Å². The fraction of sp³-hybridized carbons (Fsp3) is 0.333. The van der Waals surface area contributed by atoms with Crippen LogP contribution in [0.5, 0.6) is 11.5 Å². The molecule has 0 saturated carbocycles. The highest BCUT2D eigenvalue weighted by Crippen LogP contribution is 2.37. The smallest absolute Gasteiger partial charge is 0.231 e. The fourth-order valence-electron chi connectivity index (χ4n) is 4.54. The van der Waals surface area contributed by atoms with E-state index < -0.39 is 0 Å². The van der Waals surface area contributed by atoms with E-state index in [0.717, 1.165) is 35.7 Å². The third-order valence-electron chi connectivity index (χ3n) is 6.08. The van der Waals surface area contributed by atoms with Gasteiger partial charge in [0, 0.05) is 49.8 Å². The summed E-state index contributed by atoms with van der Waals surface area (Å²) in [7, 11) is 1.89. The van der Waals surface area contributed by atoms with Crippen LogP contribution in [0.3, 0.4) is 0 Å². The number of rotatable bonds is 7. The summed E-state index contributed by atoms with van der Waals surface area (Å²) in [5, 5.41) is 8.06. The first-order valence-electron chi connectivity index (χ1n) is 10.6. The van der Waals surface area contributed by atoms with Gasteiger partial charge in [0.05, 0.1) is 18.8 Å². The van der Waals surface area contributed by atoms with Crippen molar-refractivity contribution in [2.45, 2.75) is 25.6 Å². The molecule has 31 heavy (non-hydrogen) atoms. The van der Waals surface area contributed by atoms with Crippen LogP contribution in [0, 0.1) is 5.92 Å². The molecule has 0 bridgehead atoms. The zero-order valence-corrected chi connectivity index (χ0v) is 17.5. The molecular formula is C24H26N4O3. The lowest BCUT2D eigenvalue weighted by Gasteiger charge is -2.24. The Hall–Kier alpha value is -3.32. The Labute approximate surface area is 181 Å². The normalized spacial score (nSPS) is 19.9. The molecule has 2 aromatic carbocycles. The first-order valence-corrected chi connectivity index (χ1v) is 10.6. The van der Waals surface area contributed by atoms with Gasteiger partial charge in [-0.05, 0) is 11.6 Å². The highest BCUT2D eigenvalue weighted by atomic mass is 16.7. The van der Waals surface area contributed by atoms with Crippen LogP contribution < -0.4 is 14.8 Å². The molecule has 2 atom stereocenters. The molecule has 7 heteroatoms. The van der Waals surface area contributed by atoms with Gasteiger partial charge in [-0.2, -0.15) is 5.10 Å². The molecule has 0 unspecified atom stereocenters. The second-order valence-electron chi connectivity index (χ2n) is 8.15. The molecular weight excluding hydrogens is 392 g/mol. The minimum absolute atomic E-state index is 0.0191. The molecule has 2 aliphatic rings. The molecule has 7 nitrogen and oxygen atoms in total. The van der Waals surface area contributed by atoms with Crippen LogP contribution in [0.2, 0.25) is 0 Å². The zero-order valence-electron chi connectivity index (χ0n) is 17.5. The van der Waals surface area contributed by atoms with Gasteiger partial charge in [-0.1, -0.05) is 42.5 Å². The summed E-state index contributed by atoms with van der Waals surface area (Å²) in [5.74, 6) is 1.96. The summed E-state index contributed by atoms with van der Waals surface area (Å²) in [6.45, 7) is 2.38. The largest absolute Gasteiger partial charge is 0.454 e. The quantitative estimate of drug-likeness (QED) is 0.639. The van der Waals surface area contributed by atoms with Crippen LogP contribution >= 0.6 is 0 Å². The number of benzene rings is 2. The van der Waals surface area contributed by atoms with Crippen LogP contribution in [0.4, 0.5) is 0 Å². The lowest BCUT2D eigenvalue weighted by Crippen LogP contribution is -2.29. The van der Waals surface area contributed by atoms with Crippen LogP contribution in [0.25, 0.3) is 0 Å². The number of hydrogen-bond acceptors (Lipinski definition) is 5. The minimum Gasteiger partial charge on any atom is -0.454 e. The highest BCUT2D eigenvalue weighted by molar-refractivity contribution is 5.79. The van der Waals surface area contributed by atoms with E-state index in [-0.39, 0.29) is 24.7 Å². The van der Waals surface area contributed by atoms with Gasteiger partial charge in [0.2, 0.25) is 12.7 Å². The lowest BCUT2D eigenvalue weighted by molar-refractivity contribution is -0.127. The molecule has 1 fully saturated rings. The predicted octanol–water partition coefficient (Wildman–Crippen LogP) is 2.97. The first kappa shape index (κ1) is 19.6. The molecule has 3 heterocycles.